The Morgan fingerprint density at radius 2 is 1.80 bits per heavy atom. The molecule has 4 aromatic rings. The van der Waals surface area contributed by atoms with Crippen LogP contribution in [0, 0.1) is 19.8 Å². The third-order valence-corrected chi connectivity index (χ3v) is 6.92. The maximum absolute atomic E-state index is 13.6. The van der Waals surface area contributed by atoms with E-state index in [0.717, 1.165) is 11.1 Å². The lowest BCUT2D eigenvalue weighted by Gasteiger charge is -2.23. The zero-order valence-corrected chi connectivity index (χ0v) is 23.7. The molecule has 0 saturated carbocycles. The smallest absolute Gasteiger partial charge is 0.302 e. The van der Waals surface area contributed by atoms with E-state index in [1.54, 1.807) is 37.3 Å². The molecule has 1 aromatic heterocycles. The molecular formula is C32H33N3O6. The summed E-state index contributed by atoms with van der Waals surface area (Å²) >= 11 is 0. The average molecular weight is 556 g/mol. The van der Waals surface area contributed by atoms with Gasteiger partial charge in [-0.3, -0.25) is 14.5 Å². The maximum atomic E-state index is 13.6. The van der Waals surface area contributed by atoms with Gasteiger partial charge in [0.05, 0.1) is 35.9 Å². The van der Waals surface area contributed by atoms with Gasteiger partial charge in [0.15, 0.2) is 11.5 Å². The second kappa shape index (κ2) is 11.0. The molecule has 1 atom stereocenters. The van der Waals surface area contributed by atoms with Crippen LogP contribution in [0.1, 0.15) is 49.1 Å². The molecule has 1 saturated heterocycles. The Balaban J connectivity index is 1.68. The molecule has 0 aliphatic carbocycles. The largest absolute Gasteiger partial charge is 0.507 e. The molecule has 0 spiro atoms. The van der Waals surface area contributed by atoms with Gasteiger partial charge >= 0.3 is 5.91 Å². The number of imidazole rings is 1. The molecule has 9 nitrogen and oxygen atoms in total. The number of aromatic amines is 1. The van der Waals surface area contributed by atoms with Crippen molar-refractivity contribution in [1.82, 2.24) is 9.97 Å². The van der Waals surface area contributed by atoms with E-state index in [9.17, 15) is 19.8 Å². The van der Waals surface area contributed by atoms with Crippen LogP contribution in [0.4, 0.5) is 5.95 Å². The molecule has 5 rings (SSSR count). The van der Waals surface area contributed by atoms with Crippen LogP contribution in [0.5, 0.6) is 17.2 Å². The Hall–Kier alpha value is -4.79. The zero-order chi connectivity index (χ0) is 29.4. The molecule has 1 amide bonds. The zero-order valence-electron chi connectivity index (χ0n) is 23.7. The Bertz CT molecular complexity index is 1690. The molecular weight excluding hydrogens is 522 g/mol. The minimum atomic E-state index is -1.05. The van der Waals surface area contributed by atoms with E-state index in [1.165, 1.54) is 11.0 Å². The van der Waals surface area contributed by atoms with Crippen molar-refractivity contribution in [1.29, 1.82) is 0 Å². The van der Waals surface area contributed by atoms with Gasteiger partial charge in [-0.2, -0.15) is 0 Å². The van der Waals surface area contributed by atoms with Gasteiger partial charge in [-0.1, -0.05) is 26.0 Å². The summed E-state index contributed by atoms with van der Waals surface area (Å²) in [5.41, 5.74) is 3.83. The van der Waals surface area contributed by atoms with Gasteiger partial charge < -0.3 is 24.7 Å². The van der Waals surface area contributed by atoms with Crippen molar-refractivity contribution < 1.29 is 29.3 Å². The number of aryl methyl sites for hydroxylation is 2. The van der Waals surface area contributed by atoms with Crippen molar-refractivity contribution in [3.8, 4) is 17.2 Å². The first-order valence-corrected chi connectivity index (χ1v) is 13.6. The SMILES string of the molecule is CCOc1cc(C2/C(=C(\O)c3ccc(OCC(C)C)c(C)c3)C(=O)C(=O)N2c2nc3ccc(C)cc3[nH]2)ccc1O. The first-order valence-electron chi connectivity index (χ1n) is 13.6. The summed E-state index contributed by atoms with van der Waals surface area (Å²) in [5.74, 6) is -0.737. The number of hydrogen-bond donors (Lipinski definition) is 3. The van der Waals surface area contributed by atoms with Crippen LogP contribution in [0.3, 0.4) is 0 Å². The molecule has 1 fully saturated rings. The topological polar surface area (TPSA) is 125 Å². The first-order chi connectivity index (χ1) is 19.6. The van der Waals surface area contributed by atoms with E-state index in [4.69, 9.17) is 9.47 Å². The predicted octanol–water partition coefficient (Wildman–Crippen LogP) is 5.95. The summed E-state index contributed by atoms with van der Waals surface area (Å²) in [5, 5.41) is 21.9. The highest BCUT2D eigenvalue weighted by molar-refractivity contribution is 6.51. The predicted molar refractivity (Wildman–Crippen MR) is 156 cm³/mol. The van der Waals surface area contributed by atoms with Crippen LogP contribution in [-0.2, 0) is 9.59 Å². The van der Waals surface area contributed by atoms with Crippen molar-refractivity contribution in [3.63, 3.8) is 0 Å². The Morgan fingerprint density at radius 1 is 1.02 bits per heavy atom. The lowest BCUT2D eigenvalue weighted by atomic mass is 9.94. The number of nitrogens with zero attached hydrogens (tertiary/aromatic N) is 2. The summed E-state index contributed by atoms with van der Waals surface area (Å²) in [6.45, 7) is 10.5. The molecule has 41 heavy (non-hydrogen) atoms. The third kappa shape index (κ3) is 5.23. The lowest BCUT2D eigenvalue weighted by Crippen LogP contribution is -2.30. The molecule has 2 heterocycles. The number of aliphatic hydroxyl groups excluding tert-OH is 1. The fourth-order valence-electron chi connectivity index (χ4n) is 4.93. The number of aliphatic hydroxyl groups is 1. The number of H-pyrrole nitrogens is 1. The summed E-state index contributed by atoms with van der Waals surface area (Å²) in [6.07, 6.45) is 0. The summed E-state index contributed by atoms with van der Waals surface area (Å²) in [6, 6.07) is 14.3. The maximum Gasteiger partial charge on any atom is 0.302 e. The number of aromatic nitrogens is 2. The van der Waals surface area contributed by atoms with Crippen molar-refractivity contribution in [2.75, 3.05) is 18.1 Å². The van der Waals surface area contributed by atoms with E-state index < -0.39 is 17.7 Å². The molecule has 9 heteroatoms. The number of rotatable bonds is 8. The van der Waals surface area contributed by atoms with Crippen molar-refractivity contribution in [3.05, 3.63) is 82.4 Å². The fraction of sp³-hybridized carbons (Fsp3) is 0.281. The average Bonchev–Trinajstić information content (AvgIpc) is 3.46. The van der Waals surface area contributed by atoms with Gasteiger partial charge in [-0.15, -0.1) is 0 Å². The number of hydrogen-bond acceptors (Lipinski definition) is 7. The minimum absolute atomic E-state index is 0.0839. The van der Waals surface area contributed by atoms with E-state index in [-0.39, 0.29) is 28.8 Å². The Morgan fingerprint density at radius 3 is 2.51 bits per heavy atom. The van der Waals surface area contributed by atoms with Gasteiger partial charge in [0.25, 0.3) is 5.78 Å². The second-order valence-corrected chi connectivity index (χ2v) is 10.6. The third-order valence-electron chi connectivity index (χ3n) is 6.92. The minimum Gasteiger partial charge on any atom is -0.507 e. The number of nitrogens with one attached hydrogen (secondary N) is 1. The van der Waals surface area contributed by atoms with E-state index in [0.29, 0.717) is 47.0 Å². The Labute approximate surface area is 238 Å². The number of carbonyl (C=O) groups is 2. The van der Waals surface area contributed by atoms with Crippen LogP contribution in [-0.4, -0.2) is 45.1 Å². The van der Waals surface area contributed by atoms with Crippen LogP contribution in [0.25, 0.3) is 16.8 Å². The van der Waals surface area contributed by atoms with E-state index >= 15 is 0 Å². The molecule has 1 aliphatic heterocycles. The lowest BCUT2D eigenvalue weighted by molar-refractivity contribution is -0.132. The number of phenols is 1. The van der Waals surface area contributed by atoms with Gasteiger partial charge in [0.1, 0.15) is 11.5 Å². The van der Waals surface area contributed by atoms with E-state index in [2.05, 4.69) is 23.8 Å². The second-order valence-electron chi connectivity index (χ2n) is 10.6. The van der Waals surface area contributed by atoms with Crippen molar-refractivity contribution >= 4 is 34.4 Å². The highest BCUT2D eigenvalue weighted by Crippen LogP contribution is 2.44. The molecule has 3 aromatic carbocycles. The highest BCUT2D eigenvalue weighted by atomic mass is 16.5. The summed E-state index contributed by atoms with van der Waals surface area (Å²) in [4.78, 5) is 36.2. The number of amides is 1. The normalized spacial score (nSPS) is 16.6. The molecule has 1 aliphatic rings. The number of phenolic OH excluding ortho intramolecular Hbond substituents is 1. The summed E-state index contributed by atoms with van der Waals surface area (Å²) in [7, 11) is 0. The van der Waals surface area contributed by atoms with Crippen molar-refractivity contribution in [2.45, 2.75) is 40.7 Å². The Kier molecular flexibility index (Phi) is 7.45. The number of carbonyl (C=O) groups excluding carboxylic acids is 2. The standard InChI is InChI=1S/C32H33N3O6/c1-6-40-26-15-20(8-11-24(26)36)28-27(29(37)21-9-12-25(19(5)14-21)41-16-17(2)3)30(38)31(39)35(28)32-33-22-10-7-18(4)13-23(22)34-32/h7-15,17,28,36-37H,6,16H2,1-5H3,(H,33,34)/b29-27+. The number of fused-ring (bicyclic) bond motifs is 1. The number of benzene rings is 3. The van der Waals surface area contributed by atoms with Gasteiger partial charge in [0, 0.05) is 5.56 Å². The van der Waals surface area contributed by atoms with Gasteiger partial charge in [-0.25, -0.2) is 4.98 Å². The number of anilines is 1. The van der Waals surface area contributed by atoms with Crippen LogP contribution in [0.2, 0.25) is 0 Å². The van der Waals surface area contributed by atoms with Crippen molar-refractivity contribution in [2.24, 2.45) is 5.92 Å². The monoisotopic (exact) mass is 555 g/mol. The number of ketones is 1. The molecule has 212 valence electrons. The summed E-state index contributed by atoms with van der Waals surface area (Å²) < 4.78 is 11.5. The van der Waals surface area contributed by atoms with Gasteiger partial charge in [0.2, 0.25) is 5.95 Å². The van der Waals surface area contributed by atoms with Gasteiger partial charge in [-0.05, 0) is 85.8 Å². The highest BCUT2D eigenvalue weighted by Gasteiger charge is 2.48. The fourth-order valence-corrected chi connectivity index (χ4v) is 4.93. The first kappa shape index (κ1) is 27.8. The molecule has 3 N–H and O–H groups in total. The molecule has 0 radical (unpaired) electrons. The number of Topliss-reactive ketones (excluding diaryl/α,β-unsaturated/α-hetero) is 1. The molecule has 0 bridgehead atoms. The van der Waals surface area contributed by atoms with E-state index in [1.807, 2.05) is 32.0 Å². The molecule has 1 unspecified atom stereocenters. The quantitative estimate of drug-likeness (QED) is 0.139. The van der Waals surface area contributed by atoms with Crippen LogP contribution < -0.4 is 14.4 Å². The number of aromatic hydroxyl groups is 1. The number of ether oxygens (including phenoxy) is 2. The van der Waals surface area contributed by atoms with Crippen LogP contribution >= 0.6 is 0 Å². The van der Waals surface area contributed by atoms with Crippen LogP contribution in [0.15, 0.2) is 60.2 Å².